The number of nitrogens with zero attached hydrogens (tertiary/aromatic N) is 1. The van der Waals surface area contributed by atoms with E-state index in [9.17, 15) is 4.79 Å². The molecule has 1 N–H and O–H groups in total. The maximum absolute atomic E-state index is 10.7. The molecule has 0 unspecified atom stereocenters. The first-order valence-corrected chi connectivity index (χ1v) is 13.8. The van der Waals surface area contributed by atoms with Gasteiger partial charge in [-0.25, -0.2) is 0 Å². The Hall–Kier alpha value is -2.08. The maximum Gasteiger partial charge on any atom is 0.303 e. The van der Waals surface area contributed by atoms with Crippen molar-refractivity contribution in [2.45, 2.75) is 57.3 Å². The fraction of sp³-hybridized carbons (Fsp3) is 0.483. The Kier molecular flexibility index (Phi) is 9.66. The molecule has 1 saturated carbocycles. The summed E-state index contributed by atoms with van der Waals surface area (Å²) < 4.78 is 6.54. The molecule has 0 amide bonds. The largest absolute Gasteiger partial charge is 0.481 e. The molecule has 2 aromatic carbocycles. The third-order valence-electron chi connectivity index (χ3n) is 7.12. The van der Waals surface area contributed by atoms with Crippen molar-refractivity contribution >= 4 is 17.7 Å². The second-order valence-electron chi connectivity index (χ2n) is 9.35. The van der Waals surface area contributed by atoms with Crippen LogP contribution < -0.4 is 0 Å². The number of allylic oxidation sites excluding steroid dienone is 2. The molecule has 2 fully saturated rings. The summed E-state index contributed by atoms with van der Waals surface area (Å²) in [7, 11) is 0. The highest BCUT2D eigenvalue weighted by Crippen LogP contribution is 2.37. The van der Waals surface area contributed by atoms with E-state index in [1.807, 2.05) is 12.1 Å². The molecular formula is C29H37NO3S. The van der Waals surface area contributed by atoms with E-state index in [0.29, 0.717) is 31.1 Å². The van der Waals surface area contributed by atoms with Gasteiger partial charge in [-0.2, -0.15) is 11.8 Å². The molecular weight excluding hydrogens is 442 g/mol. The molecule has 4 rings (SSSR count). The zero-order valence-corrected chi connectivity index (χ0v) is 20.8. The first-order chi connectivity index (χ1) is 16.7. The van der Waals surface area contributed by atoms with Gasteiger partial charge in [-0.3, -0.25) is 9.69 Å². The van der Waals surface area contributed by atoms with Crippen LogP contribution in [-0.4, -0.2) is 52.7 Å². The molecule has 34 heavy (non-hydrogen) atoms. The molecule has 0 spiro atoms. The van der Waals surface area contributed by atoms with Crippen LogP contribution in [0.15, 0.2) is 66.7 Å². The van der Waals surface area contributed by atoms with Crippen molar-refractivity contribution in [2.24, 2.45) is 5.92 Å². The molecule has 2 aliphatic rings. The molecule has 1 aliphatic heterocycles. The van der Waals surface area contributed by atoms with Crippen LogP contribution >= 0.6 is 11.8 Å². The Morgan fingerprint density at radius 2 is 1.68 bits per heavy atom. The van der Waals surface area contributed by atoms with Gasteiger partial charge in [-0.1, -0.05) is 66.7 Å². The number of rotatable bonds is 11. The first kappa shape index (κ1) is 25.0. The van der Waals surface area contributed by atoms with Crippen LogP contribution in [0, 0.1) is 5.92 Å². The van der Waals surface area contributed by atoms with Gasteiger partial charge in [0.25, 0.3) is 0 Å². The number of ether oxygens (including phenoxy) is 1. The highest BCUT2D eigenvalue weighted by molar-refractivity contribution is 7.99. The highest BCUT2D eigenvalue weighted by atomic mass is 32.2. The van der Waals surface area contributed by atoms with Crippen LogP contribution in [0.25, 0.3) is 11.1 Å². The maximum atomic E-state index is 10.7. The Morgan fingerprint density at radius 3 is 2.41 bits per heavy atom. The molecule has 0 radical (unpaired) electrons. The monoisotopic (exact) mass is 479 g/mol. The molecule has 5 heteroatoms. The number of hydrogen-bond donors (Lipinski definition) is 1. The topological polar surface area (TPSA) is 49.8 Å². The lowest BCUT2D eigenvalue weighted by molar-refractivity contribution is -0.136. The van der Waals surface area contributed by atoms with E-state index in [2.05, 4.69) is 71.3 Å². The normalized spacial score (nSPS) is 23.5. The molecule has 3 atom stereocenters. The summed E-state index contributed by atoms with van der Waals surface area (Å²) in [5.41, 5.74) is 3.70. The Morgan fingerprint density at radius 1 is 0.971 bits per heavy atom. The van der Waals surface area contributed by atoms with E-state index < -0.39 is 5.97 Å². The lowest BCUT2D eigenvalue weighted by atomic mass is 9.94. The van der Waals surface area contributed by atoms with Gasteiger partial charge >= 0.3 is 5.97 Å². The van der Waals surface area contributed by atoms with Crippen molar-refractivity contribution in [2.75, 3.05) is 24.6 Å². The van der Waals surface area contributed by atoms with Crippen molar-refractivity contribution in [3.8, 4) is 11.1 Å². The van der Waals surface area contributed by atoms with E-state index in [1.54, 1.807) is 0 Å². The predicted molar refractivity (Wildman–Crippen MR) is 141 cm³/mol. The smallest absolute Gasteiger partial charge is 0.303 e. The predicted octanol–water partition coefficient (Wildman–Crippen LogP) is 6.27. The molecule has 1 aliphatic carbocycles. The van der Waals surface area contributed by atoms with Crippen LogP contribution in [0.5, 0.6) is 0 Å². The number of carboxylic acids is 1. The van der Waals surface area contributed by atoms with Crippen LogP contribution in [0.1, 0.15) is 44.1 Å². The number of aliphatic carboxylic acids is 1. The van der Waals surface area contributed by atoms with Crippen molar-refractivity contribution in [3.63, 3.8) is 0 Å². The van der Waals surface area contributed by atoms with Gasteiger partial charge in [0.05, 0.1) is 12.7 Å². The third-order valence-corrected chi connectivity index (χ3v) is 8.06. The fourth-order valence-corrected chi connectivity index (χ4v) is 6.25. The SMILES string of the molecule is O=C(O)CC/C=C\CC[C@H]1[C@@H](OCc2ccc(-c3ccccc3)cc2)CC[C@@H]1N1CCSCC1. The summed E-state index contributed by atoms with van der Waals surface area (Å²) in [6.45, 7) is 3.04. The van der Waals surface area contributed by atoms with Crippen molar-refractivity contribution < 1.29 is 14.6 Å². The molecule has 182 valence electrons. The van der Waals surface area contributed by atoms with Crippen molar-refractivity contribution in [1.29, 1.82) is 0 Å². The molecule has 4 nitrogen and oxygen atoms in total. The van der Waals surface area contributed by atoms with Gasteiger partial charge in [0.1, 0.15) is 0 Å². The lowest BCUT2D eigenvalue weighted by Gasteiger charge is -2.36. The van der Waals surface area contributed by atoms with Crippen molar-refractivity contribution in [3.05, 3.63) is 72.3 Å². The summed E-state index contributed by atoms with van der Waals surface area (Å²) in [6, 6.07) is 19.9. The second kappa shape index (κ2) is 13.1. The van der Waals surface area contributed by atoms with Gasteiger partial charge in [0, 0.05) is 43.0 Å². The number of hydrogen-bond acceptors (Lipinski definition) is 4. The molecule has 1 heterocycles. The first-order valence-electron chi connectivity index (χ1n) is 12.7. The van der Waals surface area contributed by atoms with Gasteiger partial charge in [0.2, 0.25) is 0 Å². The summed E-state index contributed by atoms with van der Waals surface area (Å²) >= 11 is 2.06. The zero-order valence-electron chi connectivity index (χ0n) is 20.0. The van der Waals surface area contributed by atoms with Gasteiger partial charge < -0.3 is 9.84 Å². The summed E-state index contributed by atoms with van der Waals surface area (Å²) in [4.78, 5) is 13.4. The average molecular weight is 480 g/mol. The Balaban J connectivity index is 1.34. The van der Waals surface area contributed by atoms with Crippen LogP contribution in [0.4, 0.5) is 0 Å². The number of benzene rings is 2. The third kappa shape index (κ3) is 7.21. The Bertz CT molecular complexity index is 909. The van der Waals surface area contributed by atoms with Crippen LogP contribution in [0.2, 0.25) is 0 Å². The lowest BCUT2D eigenvalue weighted by Crippen LogP contribution is -2.44. The number of carboxylic acid groups (broad SMARTS) is 1. The van der Waals surface area contributed by atoms with E-state index in [4.69, 9.17) is 9.84 Å². The van der Waals surface area contributed by atoms with E-state index in [0.717, 1.165) is 19.3 Å². The van der Waals surface area contributed by atoms with E-state index >= 15 is 0 Å². The van der Waals surface area contributed by atoms with Crippen molar-refractivity contribution in [1.82, 2.24) is 4.90 Å². The summed E-state index contributed by atoms with van der Waals surface area (Å²) in [5, 5.41) is 8.82. The number of thioether (sulfide) groups is 1. The summed E-state index contributed by atoms with van der Waals surface area (Å²) in [5.74, 6) is 2.28. The highest BCUT2D eigenvalue weighted by Gasteiger charge is 2.39. The number of carbonyl (C=O) groups is 1. The van der Waals surface area contributed by atoms with E-state index in [1.165, 1.54) is 47.7 Å². The van der Waals surface area contributed by atoms with Gasteiger partial charge in [-0.05, 0) is 48.8 Å². The van der Waals surface area contributed by atoms with Gasteiger partial charge in [0.15, 0.2) is 0 Å². The molecule has 1 saturated heterocycles. The minimum Gasteiger partial charge on any atom is -0.481 e. The minimum absolute atomic E-state index is 0.211. The minimum atomic E-state index is -0.728. The Labute approximate surface area is 208 Å². The fourth-order valence-electron chi connectivity index (χ4n) is 5.32. The molecule has 0 bridgehead atoms. The molecule has 2 aromatic rings. The standard InChI is InChI=1S/C29H37NO3S/c31-29(32)11-7-2-1-6-10-26-27(30-18-20-34-21-19-30)16-17-28(26)33-22-23-12-14-25(15-13-23)24-8-4-3-5-9-24/h1-5,8-9,12-15,26-28H,6-7,10-11,16-22H2,(H,31,32)/b2-1-/t26-,27+,28+/m1/s1. The van der Waals surface area contributed by atoms with Crippen LogP contribution in [-0.2, 0) is 16.1 Å². The zero-order chi connectivity index (χ0) is 23.6. The van der Waals surface area contributed by atoms with Gasteiger partial charge in [-0.15, -0.1) is 0 Å². The van der Waals surface area contributed by atoms with E-state index in [-0.39, 0.29) is 6.42 Å². The average Bonchev–Trinajstić information content (AvgIpc) is 3.28. The van der Waals surface area contributed by atoms with Crippen LogP contribution in [0.3, 0.4) is 0 Å². The molecule has 0 aromatic heterocycles. The quantitative estimate of drug-likeness (QED) is 0.385. The summed E-state index contributed by atoms with van der Waals surface area (Å²) in [6.07, 6.45) is 9.77. The second-order valence-corrected chi connectivity index (χ2v) is 10.6.